The largest absolute Gasteiger partial charge is 0.325 e. The van der Waals surface area contributed by atoms with Crippen molar-refractivity contribution in [1.82, 2.24) is 19.7 Å². The van der Waals surface area contributed by atoms with Crippen molar-refractivity contribution in [2.75, 3.05) is 11.1 Å². The van der Waals surface area contributed by atoms with Crippen molar-refractivity contribution in [3.05, 3.63) is 71.1 Å². The van der Waals surface area contributed by atoms with E-state index in [9.17, 15) is 14.9 Å². The van der Waals surface area contributed by atoms with Crippen LogP contribution >= 0.6 is 11.8 Å². The number of thioether (sulfide) groups is 1. The Morgan fingerprint density at radius 2 is 2.07 bits per heavy atom. The SMILES string of the molecule is C=CCn1c(SCC(=O)Nc2ccc([N+](=O)[O-])cc2C)nnc1-c1ccncc1. The number of nitrogens with one attached hydrogen (secondary N) is 1. The van der Waals surface area contributed by atoms with Gasteiger partial charge in [0.15, 0.2) is 11.0 Å². The lowest BCUT2D eigenvalue weighted by Crippen LogP contribution is -2.15. The van der Waals surface area contributed by atoms with Crippen LogP contribution in [0.4, 0.5) is 11.4 Å². The zero-order chi connectivity index (χ0) is 20.8. The van der Waals surface area contributed by atoms with E-state index in [1.165, 1.54) is 30.0 Å². The zero-order valence-electron chi connectivity index (χ0n) is 15.6. The fourth-order valence-corrected chi connectivity index (χ4v) is 3.37. The summed E-state index contributed by atoms with van der Waals surface area (Å²) in [5, 5.41) is 22.6. The van der Waals surface area contributed by atoms with Gasteiger partial charge in [-0.15, -0.1) is 16.8 Å². The Morgan fingerprint density at radius 1 is 1.31 bits per heavy atom. The number of amides is 1. The quantitative estimate of drug-likeness (QED) is 0.262. The van der Waals surface area contributed by atoms with Gasteiger partial charge in [0.1, 0.15) is 0 Å². The smallest absolute Gasteiger partial charge is 0.269 e. The number of carbonyl (C=O) groups excluding carboxylic acids is 1. The monoisotopic (exact) mass is 410 g/mol. The second-order valence-electron chi connectivity index (χ2n) is 6.03. The number of hydrogen-bond donors (Lipinski definition) is 1. The molecule has 1 amide bonds. The van der Waals surface area contributed by atoms with E-state index in [-0.39, 0.29) is 17.3 Å². The molecule has 0 saturated carbocycles. The molecule has 0 saturated heterocycles. The van der Waals surface area contributed by atoms with Crippen LogP contribution in [-0.4, -0.2) is 36.3 Å². The van der Waals surface area contributed by atoms with Crippen molar-refractivity contribution in [2.24, 2.45) is 0 Å². The molecule has 148 valence electrons. The van der Waals surface area contributed by atoms with E-state index in [0.29, 0.717) is 28.8 Å². The molecule has 0 bridgehead atoms. The van der Waals surface area contributed by atoms with Crippen molar-refractivity contribution in [1.29, 1.82) is 0 Å². The predicted octanol–water partition coefficient (Wildman–Crippen LogP) is 3.47. The summed E-state index contributed by atoms with van der Waals surface area (Å²) in [6, 6.07) is 7.98. The second-order valence-corrected chi connectivity index (χ2v) is 6.98. The van der Waals surface area contributed by atoms with Gasteiger partial charge in [0.05, 0.1) is 10.7 Å². The van der Waals surface area contributed by atoms with E-state index in [2.05, 4.69) is 27.1 Å². The van der Waals surface area contributed by atoms with Crippen LogP contribution in [0.25, 0.3) is 11.4 Å². The van der Waals surface area contributed by atoms with E-state index in [0.717, 1.165) is 5.56 Å². The molecule has 1 N–H and O–H groups in total. The summed E-state index contributed by atoms with van der Waals surface area (Å²) in [7, 11) is 0. The maximum Gasteiger partial charge on any atom is 0.269 e. The number of non-ortho nitro benzene ring substituents is 1. The van der Waals surface area contributed by atoms with Gasteiger partial charge in [-0.2, -0.15) is 0 Å². The second kappa shape index (κ2) is 9.11. The molecule has 3 rings (SSSR count). The Kier molecular flexibility index (Phi) is 6.35. The van der Waals surface area contributed by atoms with Gasteiger partial charge < -0.3 is 5.32 Å². The molecule has 0 aliphatic carbocycles. The molecule has 0 fully saturated rings. The molecule has 0 unspecified atom stereocenters. The van der Waals surface area contributed by atoms with E-state index in [1.807, 2.05) is 16.7 Å². The molecule has 0 radical (unpaired) electrons. The predicted molar refractivity (Wildman–Crippen MR) is 111 cm³/mol. The van der Waals surface area contributed by atoms with Gasteiger partial charge in [-0.25, -0.2) is 0 Å². The Morgan fingerprint density at radius 3 is 2.72 bits per heavy atom. The lowest BCUT2D eigenvalue weighted by atomic mass is 10.2. The van der Waals surface area contributed by atoms with E-state index in [4.69, 9.17) is 0 Å². The number of allylic oxidation sites excluding steroid dienone is 1. The third-order valence-corrected chi connectivity index (χ3v) is 4.96. The first-order valence-electron chi connectivity index (χ1n) is 8.61. The van der Waals surface area contributed by atoms with Crippen LogP contribution in [0, 0.1) is 17.0 Å². The highest BCUT2D eigenvalue weighted by molar-refractivity contribution is 7.99. The van der Waals surface area contributed by atoms with Crippen LogP contribution in [-0.2, 0) is 11.3 Å². The number of carbonyl (C=O) groups is 1. The third-order valence-electron chi connectivity index (χ3n) is 3.99. The molecule has 10 heteroatoms. The van der Waals surface area contributed by atoms with Crippen molar-refractivity contribution in [3.63, 3.8) is 0 Å². The Balaban J connectivity index is 1.70. The number of hydrogen-bond acceptors (Lipinski definition) is 7. The molecule has 0 aliphatic rings. The molecule has 2 heterocycles. The van der Waals surface area contributed by atoms with E-state index < -0.39 is 4.92 Å². The van der Waals surface area contributed by atoms with Crippen molar-refractivity contribution < 1.29 is 9.72 Å². The Hall–Kier alpha value is -3.53. The van der Waals surface area contributed by atoms with Gasteiger partial charge in [-0.05, 0) is 30.7 Å². The minimum absolute atomic E-state index is 0.0176. The first-order valence-corrected chi connectivity index (χ1v) is 9.60. The number of nitro groups is 1. The highest BCUT2D eigenvalue weighted by Gasteiger charge is 2.16. The number of benzene rings is 1. The van der Waals surface area contributed by atoms with Crippen LogP contribution in [0.2, 0.25) is 0 Å². The van der Waals surface area contributed by atoms with Gasteiger partial charge >= 0.3 is 0 Å². The van der Waals surface area contributed by atoms with Gasteiger partial charge in [-0.1, -0.05) is 17.8 Å². The summed E-state index contributed by atoms with van der Waals surface area (Å²) in [4.78, 5) is 26.7. The highest BCUT2D eigenvalue weighted by Crippen LogP contribution is 2.25. The third kappa shape index (κ3) is 4.85. The molecule has 0 spiro atoms. The Bertz CT molecular complexity index is 1050. The Labute approximate surface area is 171 Å². The molecule has 3 aromatic rings. The molecule has 29 heavy (non-hydrogen) atoms. The average molecular weight is 410 g/mol. The van der Waals surface area contributed by atoms with Crippen LogP contribution in [0.5, 0.6) is 0 Å². The fourth-order valence-electron chi connectivity index (χ4n) is 2.62. The molecular formula is C19H18N6O3S. The number of nitro benzene ring substituents is 1. The standard InChI is InChI=1S/C19H18N6O3S/c1-3-10-24-18(14-6-8-20-9-7-14)22-23-19(24)29-12-17(26)21-16-5-4-15(25(27)28)11-13(16)2/h3-9,11H,1,10,12H2,2H3,(H,21,26). The summed E-state index contributed by atoms with van der Waals surface area (Å²) in [6.07, 6.45) is 5.09. The van der Waals surface area contributed by atoms with E-state index in [1.54, 1.807) is 25.4 Å². The molecular weight excluding hydrogens is 392 g/mol. The van der Waals surface area contributed by atoms with Gasteiger partial charge in [0.25, 0.3) is 5.69 Å². The van der Waals surface area contributed by atoms with Crippen LogP contribution in [0.3, 0.4) is 0 Å². The van der Waals surface area contributed by atoms with Crippen LogP contribution < -0.4 is 5.32 Å². The van der Waals surface area contributed by atoms with Gasteiger partial charge in [0, 0.05) is 42.3 Å². The summed E-state index contributed by atoms with van der Waals surface area (Å²) in [5.74, 6) is 0.536. The number of pyridine rings is 1. The maximum atomic E-state index is 12.4. The van der Waals surface area contributed by atoms with Crippen molar-refractivity contribution in [2.45, 2.75) is 18.6 Å². The topological polar surface area (TPSA) is 116 Å². The first-order chi connectivity index (χ1) is 14.0. The van der Waals surface area contributed by atoms with Gasteiger partial charge in [0.2, 0.25) is 5.91 Å². The number of rotatable bonds is 8. The molecule has 1 aromatic carbocycles. The molecule has 2 aromatic heterocycles. The lowest BCUT2D eigenvalue weighted by Gasteiger charge is -2.09. The zero-order valence-corrected chi connectivity index (χ0v) is 16.4. The number of aryl methyl sites for hydroxylation is 1. The van der Waals surface area contributed by atoms with Gasteiger partial charge in [-0.3, -0.25) is 24.5 Å². The maximum absolute atomic E-state index is 12.4. The minimum atomic E-state index is -0.471. The first kappa shape index (κ1) is 20.2. The summed E-state index contributed by atoms with van der Waals surface area (Å²) in [6.45, 7) is 5.97. The number of anilines is 1. The summed E-state index contributed by atoms with van der Waals surface area (Å²) in [5.41, 5.74) is 2.00. The summed E-state index contributed by atoms with van der Waals surface area (Å²) < 4.78 is 1.87. The lowest BCUT2D eigenvalue weighted by molar-refractivity contribution is -0.384. The van der Waals surface area contributed by atoms with Crippen LogP contribution in [0.15, 0.2) is 60.5 Å². The van der Waals surface area contributed by atoms with Crippen molar-refractivity contribution >= 4 is 29.0 Å². The van der Waals surface area contributed by atoms with E-state index >= 15 is 0 Å². The number of nitrogens with zero attached hydrogens (tertiary/aromatic N) is 5. The fraction of sp³-hybridized carbons (Fsp3) is 0.158. The van der Waals surface area contributed by atoms with Crippen LogP contribution in [0.1, 0.15) is 5.56 Å². The minimum Gasteiger partial charge on any atom is -0.325 e. The highest BCUT2D eigenvalue weighted by atomic mass is 32.2. The molecule has 0 atom stereocenters. The normalized spacial score (nSPS) is 10.5. The van der Waals surface area contributed by atoms with Crippen molar-refractivity contribution in [3.8, 4) is 11.4 Å². The average Bonchev–Trinajstić information content (AvgIpc) is 3.11. The molecule has 0 aliphatic heterocycles. The molecule has 9 nitrogen and oxygen atoms in total. The summed E-state index contributed by atoms with van der Waals surface area (Å²) >= 11 is 1.25. The number of aromatic nitrogens is 4.